The first-order valence-corrected chi connectivity index (χ1v) is 8.84. The summed E-state index contributed by atoms with van der Waals surface area (Å²) in [6.45, 7) is 9.65. The Bertz CT molecular complexity index is 539. The van der Waals surface area contributed by atoms with Crippen LogP contribution in [0.3, 0.4) is 0 Å². The van der Waals surface area contributed by atoms with Crippen molar-refractivity contribution in [3.8, 4) is 5.75 Å². The second-order valence-electron chi connectivity index (χ2n) is 7.05. The third kappa shape index (κ3) is 4.71. The maximum Gasteiger partial charge on any atom is 0.239 e. The maximum atomic E-state index is 12.4. The molecule has 1 aliphatic rings. The molecule has 0 aliphatic carbocycles. The quantitative estimate of drug-likeness (QED) is 0.868. The molecule has 0 aromatic heterocycles. The van der Waals surface area contributed by atoms with E-state index in [-0.39, 0.29) is 11.9 Å². The van der Waals surface area contributed by atoms with Crippen LogP contribution in [-0.4, -0.2) is 55.0 Å². The normalized spacial score (nSPS) is 18.5. The first kappa shape index (κ1) is 18.7. The largest absolute Gasteiger partial charge is 0.497 e. The summed E-state index contributed by atoms with van der Waals surface area (Å²) in [6.07, 6.45) is 0.749. The molecule has 1 unspecified atom stereocenters. The lowest BCUT2D eigenvalue weighted by atomic mass is 10.0. The average Bonchev–Trinajstić information content (AvgIpc) is 2.60. The molecule has 0 spiro atoms. The molecule has 5 heteroatoms. The van der Waals surface area contributed by atoms with Gasteiger partial charge in [0.2, 0.25) is 5.91 Å². The zero-order valence-electron chi connectivity index (χ0n) is 15.4. The van der Waals surface area contributed by atoms with Crippen LogP contribution in [0.1, 0.15) is 38.8 Å². The van der Waals surface area contributed by atoms with Crippen LogP contribution in [0.25, 0.3) is 0 Å². The number of benzene rings is 1. The Morgan fingerprint density at radius 3 is 2.46 bits per heavy atom. The minimum Gasteiger partial charge on any atom is -0.497 e. The zero-order chi connectivity index (χ0) is 17.7. The molecule has 1 aromatic carbocycles. The molecule has 1 saturated heterocycles. The highest BCUT2D eigenvalue weighted by atomic mass is 16.5. The van der Waals surface area contributed by atoms with Gasteiger partial charge in [-0.1, -0.05) is 26.0 Å². The monoisotopic (exact) mass is 333 g/mol. The van der Waals surface area contributed by atoms with Gasteiger partial charge in [0, 0.05) is 32.2 Å². The number of hydrogen-bond acceptors (Lipinski definition) is 4. The Balaban J connectivity index is 1.91. The van der Waals surface area contributed by atoms with E-state index in [0.29, 0.717) is 12.0 Å². The van der Waals surface area contributed by atoms with Crippen LogP contribution in [0, 0.1) is 5.92 Å². The number of carbonyl (C=O) groups is 1. The molecule has 0 saturated carbocycles. The smallest absolute Gasteiger partial charge is 0.239 e. The molecule has 1 amide bonds. The van der Waals surface area contributed by atoms with Gasteiger partial charge in [0.25, 0.3) is 0 Å². The molecule has 5 nitrogen and oxygen atoms in total. The molecule has 134 valence electrons. The van der Waals surface area contributed by atoms with E-state index in [2.05, 4.69) is 37.8 Å². The summed E-state index contributed by atoms with van der Waals surface area (Å²) < 4.78 is 5.31. The number of piperazine rings is 1. The van der Waals surface area contributed by atoms with Crippen LogP contribution in [0.5, 0.6) is 5.75 Å². The van der Waals surface area contributed by atoms with Gasteiger partial charge < -0.3 is 15.4 Å². The van der Waals surface area contributed by atoms with Crippen LogP contribution in [0.4, 0.5) is 0 Å². The summed E-state index contributed by atoms with van der Waals surface area (Å²) in [4.78, 5) is 16.8. The van der Waals surface area contributed by atoms with Gasteiger partial charge in [-0.05, 0) is 37.0 Å². The summed E-state index contributed by atoms with van der Waals surface area (Å²) >= 11 is 0. The van der Waals surface area contributed by atoms with Crippen LogP contribution >= 0.6 is 0 Å². The minimum absolute atomic E-state index is 0.0948. The second-order valence-corrected chi connectivity index (χ2v) is 7.05. The van der Waals surface area contributed by atoms with E-state index in [1.807, 2.05) is 17.0 Å². The van der Waals surface area contributed by atoms with E-state index in [0.717, 1.165) is 38.3 Å². The number of nitrogens with zero attached hydrogens (tertiary/aromatic N) is 2. The standard InChI is InChI=1S/C19H31N3O2/c1-14(2)12-18(20)19(23)22-10-8-21(9-11-22)15(3)16-6-5-7-17(13-16)24-4/h5-7,13-15,18H,8-12,20H2,1-4H3/t15?,18-/m0/s1. The number of methoxy groups -OCH3 is 1. The van der Waals surface area contributed by atoms with Gasteiger partial charge in [-0.2, -0.15) is 0 Å². The molecular formula is C19H31N3O2. The minimum atomic E-state index is -0.368. The molecule has 0 bridgehead atoms. The summed E-state index contributed by atoms with van der Waals surface area (Å²) in [5.41, 5.74) is 7.29. The van der Waals surface area contributed by atoms with Gasteiger partial charge in [0.15, 0.2) is 0 Å². The van der Waals surface area contributed by atoms with E-state index < -0.39 is 0 Å². The highest BCUT2D eigenvalue weighted by molar-refractivity contribution is 5.81. The fraction of sp³-hybridized carbons (Fsp3) is 0.632. The van der Waals surface area contributed by atoms with Gasteiger partial charge in [-0.3, -0.25) is 9.69 Å². The third-order valence-corrected chi connectivity index (χ3v) is 4.79. The van der Waals surface area contributed by atoms with Crippen molar-refractivity contribution in [1.82, 2.24) is 9.80 Å². The van der Waals surface area contributed by atoms with Crippen LogP contribution in [0.2, 0.25) is 0 Å². The van der Waals surface area contributed by atoms with Crippen molar-refractivity contribution in [2.75, 3.05) is 33.3 Å². The van der Waals surface area contributed by atoms with Gasteiger partial charge in [-0.15, -0.1) is 0 Å². The predicted octanol–water partition coefficient (Wildman–Crippen LogP) is 2.27. The Hall–Kier alpha value is -1.59. The van der Waals surface area contributed by atoms with Crippen LogP contribution in [-0.2, 0) is 4.79 Å². The molecule has 0 radical (unpaired) electrons. The summed E-state index contributed by atoms with van der Waals surface area (Å²) in [5.74, 6) is 1.42. The third-order valence-electron chi connectivity index (χ3n) is 4.79. The lowest BCUT2D eigenvalue weighted by Crippen LogP contribution is -2.53. The van der Waals surface area contributed by atoms with Crippen molar-refractivity contribution >= 4 is 5.91 Å². The number of carbonyl (C=O) groups excluding carboxylic acids is 1. The number of nitrogens with two attached hydrogens (primary N) is 1. The van der Waals surface area contributed by atoms with Gasteiger partial charge >= 0.3 is 0 Å². The van der Waals surface area contributed by atoms with Crippen molar-refractivity contribution < 1.29 is 9.53 Å². The first-order valence-electron chi connectivity index (χ1n) is 8.84. The fourth-order valence-corrected chi connectivity index (χ4v) is 3.28. The Morgan fingerprint density at radius 1 is 1.21 bits per heavy atom. The van der Waals surface area contributed by atoms with Crippen molar-refractivity contribution in [2.24, 2.45) is 11.7 Å². The second kappa shape index (κ2) is 8.49. The number of rotatable bonds is 6. The molecule has 24 heavy (non-hydrogen) atoms. The lowest BCUT2D eigenvalue weighted by Gasteiger charge is -2.39. The van der Waals surface area contributed by atoms with E-state index >= 15 is 0 Å². The summed E-state index contributed by atoms with van der Waals surface area (Å²) in [7, 11) is 1.69. The molecule has 1 aliphatic heterocycles. The molecule has 1 aromatic rings. The topological polar surface area (TPSA) is 58.8 Å². The van der Waals surface area contributed by atoms with Crippen LogP contribution in [0.15, 0.2) is 24.3 Å². The molecule has 1 fully saturated rings. The zero-order valence-corrected chi connectivity index (χ0v) is 15.4. The molecule has 1 heterocycles. The molecule has 2 N–H and O–H groups in total. The highest BCUT2D eigenvalue weighted by Gasteiger charge is 2.27. The first-order chi connectivity index (χ1) is 11.4. The maximum absolute atomic E-state index is 12.4. The molecule has 2 rings (SSSR count). The van der Waals surface area contributed by atoms with Gasteiger partial charge in [-0.25, -0.2) is 0 Å². The predicted molar refractivity (Wildman–Crippen MR) is 97.0 cm³/mol. The van der Waals surface area contributed by atoms with E-state index in [4.69, 9.17) is 10.5 Å². The van der Waals surface area contributed by atoms with Gasteiger partial charge in [0.1, 0.15) is 5.75 Å². The van der Waals surface area contributed by atoms with Gasteiger partial charge in [0.05, 0.1) is 13.2 Å². The summed E-state index contributed by atoms with van der Waals surface area (Å²) in [6, 6.07) is 8.14. The Kier molecular flexibility index (Phi) is 6.63. The number of hydrogen-bond donors (Lipinski definition) is 1. The van der Waals surface area contributed by atoms with Crippen molar-refractivity contribution in [3.63, 3.8) is 0 Å². The van der Waals surface area contributed by atoms with Crippen LogP contribution < -0.4 is 10.5 Å². The van der Waals surface area contributed by atoms with Crippen molar-refractivity contribution in [3.05, 3.63) is 29.8 Å². The van der Waals surface area contributed by atoms with E-state index in [1.165, 1.54) is 5.56 Å². The Morgan fingerprint density at radius 2 is 1.88 bits per heavy atom. The van der Waals surface area contributed by atoms with E-state index in [9.17, 15) is 4.79 Å². The fourth-order valence-electron chi connectivity index (χ4n) is 3.28. The van der Waals surface area contributed by atoms with Crippen molar-refractivity contribution in [2.45, 2.75) is 39.3 Å². The van der Waals surface area contributed by atoms with Crippen molar-refractivity contribution in [1.29, 1.82) is 0 Å². The van der Waals surface area contributed by atoms with E-state index in [1.54, 1.807) is 7.11 Å². The highest BCUT2D eigenvalue weighted by Crippen LogP contribution is 2.25. The number of amides is 1. The average molecular weight is 333 g/mol. The molecular weight excluding hydrogens is 302 g/mol. The number of ether oxygens (including phenoxy) is 1. The summed E-state index contributed by atoms with van der Waals surface area (Å²) in [5, 5.41) is 0. The molecule has 2 atom stereocenters. The SMILES string of the molecule is COc1cccc(C(C)N2CCN(C(=O)[C@@H](N)CC(C)C)CC2)c1. The Labute approximate surface area is 145 Å². The lowest BCUT2D eigenvalue weighted by molar-refractivity contribution is -0.135.